The molecule has 0 aliphatic carbocycles. The highest BCUT2D eigenvalue weighted by atomic mass is 32.1. The molecule has 1 rings (SSSR count). The van der Waals surface area contributed by atoms with Crippen LogP contribution in [0.4, 0.5) is 0 Å². The Labute approximate surface area is 105 Å². The molecule has 1 aromatic rings. The van der Waals surface area contributed by atoms with Crippen LogP contribution >= 0.6 is 12.6 Å². The molecule has 0 bridgehead atoms. The average molecular weight is 237 g/mol. The minimum absolute atomic E-state index is 0.737. The van der Waals surface area contributed by atoms with Gasteiger partial charge in [-0.05, 0) is 36.9 Å². The predicted octanol–water partition coefficient (Wildman–Crippen LogP) is 3.25. The lowest BCUT2D eigenvalue weighted by molar-refractivity contribution is 0.399. The summed E-state index contributed by atoms with van der Waals surface area (Å²) in [7, 11) is 2.10. The number of hydrogen-bond donors (Lipinski definition) is 1. The van der Waals surface area contributed by atoms with Crippen LogP contribution in [0.1, 0.15) is 25.0 Å². The van der Waals surface area contributed by atoms with Gasteiger partial charge in [0, 0.05) is 12.4 Å². The molecule has 0 saturated carbocycles. The molecule has 1 nitrogen and oxygen atoms in total. The maximum atomic E-state index is 4.24. The van der Waals surface area contributed by atoms with E-state index < -0.39 is 0 Å². The van der Waals surface area contributed by atoms with Crippen LogP contribution in [0.25, 0.3) is 0 Å². The molecule has 0 amide bonds. The Morgan fingerprint density at radius 1 is 1.12 bits per heavy atom. The second kappa shape index (κ2) is 6.97. The zero-order chi connectivity index (χ0) is 12.0. The van der Waals surface area contributed by atoms with Gasteiger partial charge in [-0.25, -0.2) is 0 Å². The quantitative estimate of drug-likeness (QED) is 0.587. The molecule has 1 aromatic carbocycles. The summed E-state index contributed by atoms with van der Waals surface area (Å²) >= 11 is 4.24. The highest BCUT2D eigenvalue weighted by Gasteiger charge is 1.99. The van der Waals surface area contributed by atoms with Crippen LogP contribution in [0.15, 0.2) is 24.3 Å². The first-order chi connectivity index (χ1) is 7.61. The molecule has 0 heterocycles. The smallest absolute Gasteiger partial charge is 0.0411 e. The molecule has 16 heavy (non-hydrogen) atoms. The van der Waals surface area contributed by atoms with E-state index in [1.54, 1.807) is 0 Å². The van der Waals surface area contributed by atoms with E-state index in [0.29, 0.717) is 0 Å². The monoisotopic (exact) mass is 237 g/mol. The van der Waals surface area contributed by atoms with E-state index in [0.717, 1.165) is 24.8 Å². The number of benzene rings is 1. The minimum atomic E-state index is 0.737. The number of thiol groups is 1. The fraction of sp³-hybridized carbons (Fsp3) is 0.571. The summed E-state index contributed by atoms with van der Waals surface area (Å²) in [5.74, 6) is 1.56. The summed E-state index contributed by atoms with van der Waals surface area (Å²) in [6, 6.07) is 9.03. The third kappa shape index (κ3) is 5.04. The highest BCUT2D eigenvalue weighted by molar-refractivity contribution is 7.80. The van der Waals surface area contributed by atoms with Crippen LogP contribution in [0, 0.1) is 5.92 Å². The Morgan fingerprint density at radius 3 is 2.19 bits per heavy atom. The van der Waals surface area contributed by atoms with Gasteiger partial charge in [-0.2, -0.15) is 12.6 Å². The molecule has 90 valence electrons. The normalized spacial score (nSPS) is 11.4. The highest BCUT2D eigenvalue weighted by Crippen LogP contribution is 2.10. The molecule has 0 aromatic heterocycles. The Morgan fingerprint density at radius 2 is 1.69 bits per heavy atom. The third-order valence-electron chi connectivity index (χ3n) is 2.69. The van der Waals surface area contributed by atoms with Crippen molar-refractivity contribution < 1.29 is 0 Å². The van der Waals surface area contributed by atoms with E-state index in [1.165, 1.54) is 17.5 Å². The van der Waals surface area contributed by atoms with Crippen molar-refractivity contribution in [3.8, 4) is 0 Å². The van der Waals surface area contributed by atoms with Gasteiger partial charge >= 0.3 is 0 Å². The standard InChI is InChI=1S/C14H23NS/c1-12(2)10-14-6-4-13(5-7-14)8-9-15(3)11-16/h4-7,12,16H,8-11H2,1-3H3. The van der Waals surface area contributed by atoms with E-state index in [2.05, 4.69) is 62.7 Å². The van der Waals surface area contributed by atoms with Crippen molar-refractivity contribution in [2.45, 2.75) is 26.7 Å². The largest absolute Gasteiger partial charge is 0.297 e. The fourth-order valence-corrected chi connectivity index (χ4v) is 1.85. The maximum Gasteiger partial charge on any atom is 0.0411 e. The van der Waals surface area contributed by atoms with Crippen molar-refractivity contribution >= 4 is 12.6 Å². The van der Waals surface area contributed by atoms with Crippen LogP contribution < -0.4 is 0 Å². The van der Waals surface area contributed by atoms with Crippen molar-refractivity contribution in [3.63, 3.8) is 0 Å². The summed E-state index contributed by atoms with van der Waals surface area (Å²) < 4.78 is 0. The topological polar surface area (TPSA) is 3.24 Å². The number of hydrogen-bond acceptors (Lipinski definition) is 2. The lowest BCUT2D eigenvalue weighted by Gasteiger charge is -2.13. The van der Waals surface area contributed by atoms with E-state index in [4.69, 9.17) is 0 Å². The first kappa shape index (κ1) is 13.6. The van der Waals surface area contributed by atoms with E-state index in [9.17, 15) is 0 Å². The number of nitrogens with zero attached hydrogens (tertiary/aromatic N) is 1. The molecule has 0 radical (unpaired) electrons. The van der Waals surface area contributed by atoms with E-state index >= 15 is 0 Å². The summed E-state index contributed by atoms with van der Waals surface area (Å²) in [4.78, 5) is 2.21. The molecule has 0 unspecified atom stereocenters. The zero-order valence-corrected chi connectivity index (χ0v) is 11.5. The van der Waals surface area contributed by atoms with Gasteiger partial charge in [-0.3, -0.25) is 4.90 Å². The fourth-order valence-electron chi connectivity index (χ4n) is 1.70. The molecule has 0 aliphatic rings. The molecule has 0 N–H and O–H groups in total. The minimum Gasteiger partial charge on any atom is -0.297 e. The van der Waals surface area contributed by atoms with Gasteiger partial charge in [0.25, 0.3) is 0 Å². The lowest BCUT2D eigenvalue weighted by atomic mass is 10.0. The molecule has 0 atom stereocenters. The number of likely N-dealkylation sites (N-methyl/N-ethyl adjacent to an activating group) is 1. The SMILES string of the molecule is CC(C)Cc1ccc(CCN(C)CS)cc1. The van der Waals surface area contributed by atoms with E-state index in [-0.39, 0.29) is 0 Å². The van der Waals surface area contributed by atoms with Gasteiger partial charge in [-0.1, -0.05) is 38.1 Å². The van der Waals surface area contributed by atoms with Gasteiger partial charge in [-0.15, -0.1) is 0 Å². The summed E-state index contributed by atoms with van der Waals surface area (Å²) in [6.07, 6.45) is 2.29. The number of rotatable bonds is 6. The van der Waals surface area contributed by atoms with Gasteiger partial charge in [0.2, 0.25) is 0 Å². The zero-order valence-electron chi connectivity index (χ0n) is 10.6. The average Bonchev–Trinajstić information content (AvgIpc) is 2.27. The molecule has 2 heteroatoms. The Balaban J connectivity index is 2.45. The lowest BCUT2D eigenvalue weighted by Crippen LogP contribution is -2.19. The van der Waals surface area contributed by atoms with Crippen molar-refractivity contribution in [2.24, 2.45) is 5.92 Å². The summed E-state index contributed by atoms with van der Waals surface area (Å²) in [6.45, 7) is 5.60. The van der Waals surface area contributed by atoms with Crippen LogP contribution in [-0.4, -0.2) is 24.4 Å². The van der Waals surface area contributed by atoms with Crippen LogP contribution in [0.2, 0.25) is 0 Å². The van der Waals surface area contributed by atoms with Crippen molar-refractivity contribution in [1.82, 2.24) is 4.90 Å². The Hall–Kier alpha value is -0.470. The second-order valence-electron chi connectivity index (χ2n) is 4.89. The van der Waals surface area contributed by atoms with Crippen LogP contribution in [0.3, 0.4) is 0 Å². The van der Waals surface area contributed by atoms with E-state index in [1.807, 2.05) is 0 Å². The Bertz CT molecular complexity index is 292. The first-order valence-electron chi connectivity index (χ1n) is 5.99. The molecular formula is C14H23NS. The van der Waals surface area contributed by atoms with Crippen LogP contribution in [-0.2, 0) is 12.8 Å². The molecule has 0 fully saturated rings. The van der Waals surface area contributed by atoms with Crippen molar-refractivity contribution in [1.29, 1.82) is 0 Å². The van der Waals surface area contributed by atoms with Gasteiger partial charge in [0.1, 0.15) is 0 Å². The van der Waals surface area contributed by atoms with Crippen molar-refractivity contribution in [3.05, 3.63) is 35.4 Å². The van der Waals surface area contributed by atoms with Gasteiger partial charge < -0.3 is 0 Å². The molecule has 0 aliphatic heterocycles. The Kier molecular flexibility index (Phi) is 5.93. The maximum absolute atomic E-state index is 4.24. The van der Waals surface area contributed by atoms with Crippen LogP contribution in [0.5, 0.6) is 0 Å². The van der Waals surface area contributed by atoms with Gasteiger partial charge in [0.15, 0.2) is 0 Å². The van der Waals surface area contributed by atoms with Gasteiger partial charge in [0.05, 0.1) is 0 Å². The third-order valence-corrected chi connectivity index (χ3v) is 3.17. The summed E-state index contributed by atoms with van der Waals surface area (Å²) in [5.41, 5.74) is 2.86. The second-order valence-corrected chi connectivity index (χ2v) is 5.17. The molecule has 0 spiro atoms. The molecular weight excluding hydrogens is 214 g/mol. The summed E-state index contributed by atoms with van der Waals surface area (Å²) in [5, 5.41) is 0. The molecule has 0 saturated heterocycles. The predicted molar refractivity (Wildman–Crippen MR) is 75.2 cm³/mol. The first-order valence-corrected chi connectivity index (χ1v) is 6.62. The van der Waals surface area contributed by atoms with Crippen molar-refractivity contribution in [2.75, 3.05) is 19.5 Å².